The summed E-state index contributed by atoms with van der Waals surface area (Å²) in [5.41, 5.74) is 1.70. The van der Waals surface area contributed by atoms with Crippen LogP contribution in [-0.4, -0.2) is 25.2 Å². The zero-order chi connectivity index (χ0) is 16.8. The largest absolute Gasteiger partial charge is 0.345 e. The van der Waals surface area contributed by atoms with E-state index in [0.717, 1.165) is 24.4 Å². The van der Waals surface area contributed by atoms with Crippen LogP contribution in [0.1, 0.15) is 35.1 Å². The molecule has 2 aromatic heterocycles. The van der Waals surface area contributed by atoms with Crippen LogP contribution in [0.2, 0.25) is 0 Å². The van der Waals surface area contributed by atoms with E-state index < -0.39 is 0 Å². The maximum Gasteiger partial charge on any atom is 0.254 e. The second-order valence-electron chi connectivity index (χ2n) is 5.63. The average Bonchev–Trinajstić information content (AvgIpc) is 3.24. The lowest BCUT2D eigenvalue weighted by molar-refractivity contribution is 0.0949. The molecule has 3 aromatic rings. The third-order valence-electron chi connectivity index (χ3n) is 3.76. The first-order valence-electron chi connectivity index (χ1n) is 8.11. The van der Waals surface area contributed by atoms with Crippen LogP contribution in [0.4, 0.5) is 0 Å². The van der Waals surface area contributed by atoms with E-state index >= 15 is 0 Å². The zero-order valence-corrected chi connectivity index (χ0v) is 13.7. The summed E-state index contributed by atoms with van der Waals surface area (Å²) in [5, 5.41) is 7.16. The highest BCUT2D eigenvalue weighted by Gasteiger charge is 2.10. The number of hydrogen-bond acceptors (Lipinski definition) is 3. The lowest BCUT2D eigenvalue weighted by Crippen LogP contribution is -2.24. The number of hydrogen-bond donors (Lipinski definition) is 1. The molecule has 124 valence electrons. The highest BCUT2D eigenvalue weighted by molar-refractivity contribution is 5.93. The van der Waals surface area contributed by atoms with Crippen molar-refractivity contribution in [1.82, 2.24) is 24.6 Å². The van der Waals surface area contributed by atoms with E-state index in [-0.39, 0.29) is 5.91 Å². The fraction of sp³-hybridized carbons (Fsp3) is 0.278. The SMILES string of the molecule is CCCn1ccnc1CNC(=O)c1cnn(Cc2ccccc2)c1. The summed E-state index contributed by atoms with van der Waals surface area (Å²) in [5.74, 6) is 0.724. The van der Waals surface area contributed by atoms with Gasteiger partial charge in [-0.25, -0.2) is 4.98 Å². The van der Waals surface area contributed by atoms with Gasteiger partial charge in [-0.3, -0.25) is 9.48 Å². The van der Waals surface area contributed by atoms with Gasteiger partial charge in [-0.05, 0) is 12.0 Å². The third kappa shape index (κ3) is 3.90. The van der Waals surface area contributed by atoms with Gasteiger partial charge in [0.25, 0.3) is 5.91 Å². The minimum Gasteiger partial charge on any atom is -0.345 e. The molecule has 0 fully saturated rings. The molecule has 0 aliphatic rings. The second-order valence-corrected chi connectivity index (χ2v) is 5.63. The molecule has 6 heteroatoms. The molecule has 1 aromatic carbocycles. The van der Waals surface area contributed by atoms with E-state index in [2.05, 4.69) is 26.9 Å². The number of carbonyl (C=O) groups excluding carboxylic acids is 1. The van der Waals surface area contributed by atoms with Crippen LogP contribution in [0.25, 0.3) is 0 Å². The molecule has 0 saturated heterocycles. The van der Waals surface area contributed by atoms with Gasteiger partial charge < -0.3 is 9.88 Å². The van der Waals surface area contributed by atoms with E-state index in [1.807, 2.05) is 36.5 Å². The van der Waals surface area contributed by atoms with E-state index in [1.54, 1.807) is 23.3 Å². The predicted octanol–water partition coefficient (Wildman–Crippen LogP) is 2.47. The van der Waals surface area contributed by atoms with Crippen molar-refractivity contribution in [3.63, 3.8) is 0 Å². The van der Waals surface area contributed by atoms with Crippen molar-refractivity contribution < 1.29 is 4.79 Å². The van der Waals surface area contributed by atoms with Gasteiger partial charge in [0.15, 0.2) is 0 Å². The summed E-state index contributed by atoms with van der Waals surface area (Å²) in [7, 11) is 0. The third-order valence-corrected chi connectivity index (χ3v) is 3.76. The number of benzene rings is 1. The Labute approximate surface area is 141 Å². The van der Waals surface area contributed by atoms with Crippen LogP contribution in [0, 0.1) is 0 Å². The molecule has 1 amide bonds. The van der Waals surface area contributed by atoms with Gasteiger partial charge >= 0.3 is 0 Å². The molecule has 3 rings (SSSR count). The maximum atomic E-state index is 12.3. The fourth-order valence-corrected chi connectivity index (χ4v) is 2.55. The second kappa shape index (κ2) is 7.59. The predicted molar refractivity (Wildman–Crippen MR) is 91.5 cm³/mol. The lowest BCUT2D eigenvalue weighted by Gasteiger charge is -2.07. The first kappa shape index (κ1) is 16.0. The van der Waals surface area contributed by atoms with Crippen LogP contribution >= 0.6 is 0 Å². The Balaban J connectivity index is 1.58. The van der Waals surface area contributed by atoms with Crippen molar-refractivity contribution in [3.05, 3.63) is 72.1 Å². The molecular weight excluding hydrogens is 302 g/mol. The molecule has 2 heterocycles. The standard InChI is InChI=1S/C18H21N5O/c1-2-9-22-10-8-19-17(22)12-20-18(24)16-11-21-23(14-16)13-15-6-4-3-5-7-15/h3-8,10-11,14H,2,9,12-13H2,1H3,(H,20,24). The van der Waals surface area contributed by atoms with Gasteiger partial charge in [-0.15, -0.1) is 0 Å². The van der Waals surface area contributed by atoms with Gasteiger partial charge in [0.2, 0.25) is 0 Å². The highest BCUT2D eigenvalue weighted by Crippen LogP contribution is 2.05. The number of aryl methyl sites for hydroxylation is 1. The van der Waals surface area contributed by atoms with Crippen molar-refractivity contribution in [1.29, 1.82) is 0 Å². The van der Waals surface area contributed by atoms with Crippen molar-refractivity contribution >= 4 is 5.91 Å². The van der Waals surface area contributed by atoms with Gasteiger partial charge in [-0.2, -0.15) is 5.10 Å². The molecule has 24 heavy (non-hydrogen) atoms. The summed E-state index contributed by atoms with van der Waals surface area (Å²) >= 11 is 0. The Morgan fingerprint density at radius 3 is 2.88 bits per heavy atom. The lowest BCUT2D eigenvalue weighted by atomic mass is 10.2. The number of aromatic nitrogens is 4. The number of imidazole rings is 1. The van der Waals surface area contributed by atoms with Crippen LogP contribution in [-0.2, 0) is 19.6 Å². The Kier molecular flexibility index (Phi) is 5.05. The topological polar surface area (TPSA) is 64.7 Å². The summed E-state index contributed by atoms with van der Waals surface area (Å²) in [4.78, 5) is 16.6. The minimum absolute atomic E-state index is 0.139. The molecular formula is C18H21N5O. The molecule has 1 N–H and O–H groups in total. The molecule has 0 radical (unpaired) electrons. The van der Waals surface area contributed by atoms with E-state index in [9.17, 15) is 4.79 Å². The normalized spacial score (nSPS) is 10.7. The number of carbonyl (C=O) groups is 1. The summed E-state index contributed by atoms with van der Waals surface area (Å²) in [6.45, 7) is 4.08. The van der Waals surface area contributed by atoms with Crippen molar-refractivity contribution in [2.24, 2.45) is 0 Å². The quantitative estimate of drug-likeness (QED) is 0.726. The van der Waals surface area contributed by atoms with Gasteiger partial charge in [0, 0.05) is 25.1 Å². The average molecular weight is 323 g/mol. The van der Waals surface area contributed by atoms with Crippen molar-refractivity contribution in [3.8, 4) is 0 Å². The zero-order valence-electron chi connectivity index (χ0n) is 13.7. The molecule has 0 atom stereocenters. The summed E-state index contributed by atoms with van der Waals surface area (Å²) in [6.07, 6.45) is 8.08. The Bertz CT molecular complexity index is 791. The van der Waals surface area contributed by atoms with Crippen LogP contribution in [0.5, 0.6) is 0 Å². The number of nitrogens with one attached hydrogen (secondary N) is 1. The molecule has 0 aliphatic carbocycles. The van der Waals surface area contributed by atoms with E-state index in [1.165, 1.54) is 0 Å². The highest BCUT2D eigenvalue weighted by atomic mass is 16.1. The van der Waals surface area contributed by atoms with E-state index in [4.69, 9.17) is 0 Å². The van der Waals surface area contributed by atoms with Crippen LogP contribution in [0.15, 0.2) is 55.1 Å². The van der Waals surface area contributed by atoms with Crippen LogP contribution in [0.3, 0.4) is 0 Å². The smallest absolute Gasteiger partial charge is 0.254 e. The monoisotopic (exact) mass is 323 g/mol. The first-order chi connectivity index (χ1) is 11.8. The number of amides is 1. The fourth-order valence-electron chi connectivity index (χ4n) is 2.55. The summed E-state index contributed by atoms with van der Waals surface area (Å²) in [6, 6.07) is 10.0. The van der Waals surface area contributed by atoms with Crippen LogP contribution < -0.4 is 5.32 Å². The van der Waals surface area contributed by atoms with Gasteiger partial charge in [-0.1, -0.05) is 37.3 Å². The van der Waals surface area contributed by atoms with E-state index in [0.29, 0.717) is 18.7 Å². The van der Waals surface area contributed by atoms with Gasteiger partial charge in [0.1, 0.15) is 5.82 Å². The Morgan fingerprint density at radius 1 is 1.25 bits per heavy atom. The molecule has 6 nitrogen and oxygen atoms in total. The first-order valence-corrected chi connectivity index (χ1v) is 8.11. The molecule has 0 spiro atoms. The maximum absolute atomic E-state index is 12.3. The number of rotatable bonds is 7. The molecule has 0 unspecified atom stereocenters. The molecule has 0 bridgehead atoms. The Morgan fingerprint density at radius 2 is 2.08 bits per heavy atom. The van der Waals surface area contributed by atoms with Gasteiger partial charge in [0.05, 0.1) is 24.8 Å². The molecule has 0 aliphatic heterocycles. The number of nitrogens with zero attached hydrogens (tertiary/aromatic N) is 4. The Hall–Kier alpha value is -2.89. The molecule has 0 saturated carbocycles. The van der Waals surface area contributed by atoms with Crippen molar-refractivity contribution in [2.75, 3.05) is 0 Å². The summed E-state index contributed by atoms with van der Waals surface area (Å²) < 4.78 is 3.82. The minimum atomic E-state index is -0.139. The van der Waals surface area contributed by atoms with Crippen molar-refractivity contribution in [2.45, 2.75) is 33.0 Å².